The molecule has 0 atom stereocenters. The van der Waals surface area contributed by atoms with E-state index in [0.29, 0.717) is 23.7 Å². The summed E-state index contributed by atoms with van der Waals surface area (Å²) < 4.78 is 6.52. The minimum absolute atomic E-state index is 0.264. The number of aryl methyl sites for hydroxylation is 2. The second kappa shape index (κ2) is 5.05. The zero-order valence-corrected chi connectivity index (χ0v) is 12.0. The van der Waals surface area contributed by atoms with Crippen LogP contribution >= 0.6 is 11.3 Å². The molecule has 0 fully saturated rings. The maximum atomic E-state index is 12.2. The van der Waals surface area contributed by atoms with Crippen molar-refractivity contribution in [1.82, 2.24) is 9.97 Å². The van der Waals surface area contributed by atoms with Crippen molar-refractivity contribution in [3.05, 3.63) is 41.1 Å². The second-order valence-corrected chi connectivity index (χ2v) is 5.25. The Kier molecular flexibility index (Phi) is 3.23. The number of nitrogens with one attached hydrogen (secondary N) is 1. The third-order valence-electron chi connectivity index (χ3n) is 2.94. The van der Waals surface area contributed by atoms with Crippen LogP contribution in [0.25, 0.3) is 10.2 Å². The highest BCUT2D eigenvalue weighted by Gasteiger charge is 2.17. The van der Waals surface area contributed by atoms with Gasteiger partial charge in [-0.25, -0.2) is 9.97 Å². The van der Waals surface area contributed by atoms with Crippen LogP contribution in [0, 0.1) is 6.92 Å². The van der Waals surface area contributed by atoms with Crippen LogP contribution in [0.3, 0.4) is 0 Å². The largest absolute Gasteiger partial charge is 0.435 e. The lowest BCUT2D eigenvalue weighted by Gasteiger charge is -2.03. The zero-order chi connectivity index (χ0) is 14.1. The Hall–Kier alpha value is -2.21. The molecular formula is C14H13N3O2S. The summed E-state index contributed by atoms with van der Waals surface area (Å²) in [4.78, 5) is 20.6. The van der Waals surface area contributed by atoms with Crippen molar-refractivity contribution in [3.8, 4) is 0 Å². The number of carbonyl (C=O) groups is 1. The summed E-state index contributed by atoms with van der Waals surface area (Å²) in [7, 11) is 0. The molecular weight excluding hydrogens is 274 g/mol. The molecule has 102 valence electrons. The van der Waals surface area contributed by atoms with Crippen LogP contribution in [0.15, 0.2) is 28.1 Å². The first-order valence-electron chi connectivity index (χ1n) is 6.28. The summed E-state index contributed by atoms with van der Waals surface area (Å²) in [5.74, 6) is 0.548. The van der Waals surface area contributed by atoms with Crippen LogP contribution < -0.4 is 5.32 Å². The van der Waals surface area contributed by atoms with Crippen molar-refractivity contribution in [2.24, 2.45) is 0 Å². The van der Waals surface area contributed by atoms with Crippen LogP contribution in [0.4, 0.5) is 5.69 Å². The molecule has 1 N–H and O–H groups in total. The number of benzene rings is 1. The van der Waals surface area contributed by atoms with E-state index < -0.39 is 0 Å². The molecule has 2 heterocycles. The van der Waals surface area contributed by atoms with Crippen LogP contribution in [-0.4, -0.2) is 15.9 Å². The highest BCUT2D eigenvalue weighted by Crippen LogP contribution is 2.22. The molecule has 2 aromatic heterocycles. The van der Waals surface area contributed by atoms with Gasteiger partial charge in [0.1, 0.15) is 0 Å². The molecule has 3 rings (SSSR count). The number of thiazole rings is 1. The quantitative estimate of drug-likeness (QED) is 0.801. The van der Waals surface area contributed by atoms with Gasteiger partial charge < -0.3 is 9.73 Å². The van der Waals surface area contributed by atoms with Crippen LogP contribution in [-0.2, 0) is 6.42 Å². The number of amides is 1. The van der Waals surface area contributed by atoms with Crippen molar-refractivity contribution < 1.29 is 9.21 Å². The molecule has 0 saturated heterocycles. The van der Waals surface area contributed by atoms with Crippen molar-refractivity contribution in [2.45, 2.75) is 20.3 Å². The van der Waals surface area contributed by atoms with Crippen LogP contribution in [0.2, 0.25) is 0 Å². The van der Waals surface area contributed by atoms with Gasteiger partial charge in [-0.1, -0.05) is 6.92 Å². The van der Waals surface area contributed by atoms with E-state index in [9.17, 15) is 4.79 Å². The Morgan fingerprint density at radius 2 is 2.30 bits per heavy atom. The van der Waals surface area contributed by atoms with Gasteiger partial charge in [0.25, 0.3) is 5.91 Å². The number of hydrogen-bond donors (Lipinski definition) is 1. The number of aromatic nitrogens is 2. The fourth-order valence-corrected chi connectivity index (χ4v) is 2.60. The van der Waals surface area contributed by atoms with Gasteiger partial charge in [-0.05, 0) is 25.1 Å². The lowest BCUT2D eigenvalue weighted by atomic mass is 10.3. The number of anilines is 1. The minimum atomic E-state index is -0.288. The molecule has 0 aliphatic rings. The Morgan fingerprint density at radius 3 is 3.05 bits per heavy atom. The van der Waals surface area contributed by atoms with E-state index in [-0.39, 0.29) is 11.7 Å². The van der Waals surface area contributed by atoms with Gasteiger partial charge in [0.05, 0.1) is 21.4 Å². The van der Waals surface area contributed by atoms with Crippen molar-refractivity contribution in [3.63, 3.8) is 0 Å². The summed E-state index contributed by atoms with van der Waals surface area (Å²) in [6.07, 6.45) is 0.666. The summed E-state index contributed by atoms with van der Waals surface area (Å²) in [6.45, 7) is 3.70. The average molecular weight is 287 g/mol. The second-order valence-electron chi connectivity index (χ2n) is 4.36. The number of carbonyl (C=O) groups excluding carboxylic acids is 1. The standard InChI is InChI=1S/C14H13N3O2S/c1-3-12-16-8(2)13(19-12)14(18)17-9-4-5-11-10(6-9)15-7-20-11/h4-7H,3H2,1-2H3,(H,17,18). The number of rotatable bonds is 3. The highest BCUT2D eigenvalue weighted by atomic mass is 32.1. The Morgan fingerprint density at radius 1 is 1.45 bits per heavy atom. The highest BCUT2D eigenvalue weighted by molar-refractivity contribution is 7.16. The van der Waals surface area contributed by atoms with E-state index in [0.717, 1.165) is 10.2 Å². The van der Waals surface area contributed by atoms with Gasteiger partial charge in [0, 0.05) is 12.1 Å². The first kappa shape index (κ1) is 12.8. The molecule has 1 aromatic carbocycles. The molecule has 0 spiro atoms. The Labute approximate surface area is 119 Å². The van der Waals surface area contributed by atoms with Crippen molar-refractivity contribution in [1.29, 1.82) is 0 Å². The molecule has 0 aliphatic carbocycles. The van der Waals surface area contributed by atoms with E-state index in [2.05, 4.69) is 15.3 Å². The number of nitrogens with zero attached hydrogens (tertiary/aromatic N) is 2. The van der Waals surface area contributed by atoms with E-state index in [1.807, 2.05) is 25.1 Å². The third-order valence-corrected chi connectivity index (χ3v) is 3.75. The Balaban J connectivity index is 1.85. The van der Waals surface area contributed by atoms with Gasteiger partial charge in [-0.2, -0.15) is 0 Å². The van der Waals surface area contributed by atoms with Gasteiger partial charge in [-0.15, -0.1) is 11.3 Å². The predicted octanol–water partition coefficient (Wildman–Crippen LogP) is 3.41. The molecule has 5 nitrogen and oxygen atoms in total. The first-order chi connectivity index (χ1) is 9.67. The number of oxazole rings is 1. The predicted molar refractivity (Wildman–Crippen MR) is 78.2 cm³/mol. The van der Waals surface area contributed by atoms with Crippen LogP contribution in [0.1, 0.15) is 29.1 Å². The van der Waals surface area contributed by atoms with E-state index >= 15 is 0 Å². The van der Waals surface area contributed by atoms with Gasteiger partial charge in [0.2, 0.25) is 5.76 Å². The van der Waals surface area contributed by atoms with Gasteiger partial charge >= 0.3 is 0 Å². The normalized spacial score (nSPS) is 10.9. The fraction of sp³-hybridized carbons (Fsp3) is 0.214. The molecule has 0 unspecified atom stereocenters. The maximum absolute atomic E-state index is 12.2. The van der Waals surface area contributed by atoms with Crippen molar-refractivity contribution >= 4 is 33.1 Å². The topological polar surface area (TPSA) is 68.0 Å². The summed E-state index contributed by atoms with van der Waals surface area (Å²) in [5, 5.41) is 2.81. The van der Waals surface area contributed by atoms with Gasteiger partial charge in [0.15, 0.2) is 5.89 Å². The SMILES string of the molecule is CCc1nc(C)c(C(=O)Nc2ccc3scnc3c2)o1. The minimum Gasteiger partial charge on any atom is -0.435 e. The molecule has 6 heteroatoms. The molecule has 3 aromatic rings. The summed E-state index contributed by atoms with van der Waals surface area (Å²) in [5.41, 5.74) is 3.96. The summed E-state index contributed by atoms with van der Waals surface area (Å²) >= 11 is 1.57. The first-order valence-corrected chi connectivity index (χ1v) is 7.16. The molecule has 1 amide bonds. The molecule has 20 heavy (non-hydrogen) atoms. The zero-order valence-electron chi connectivity index (χ0n) is 11.1. The van der Waals surface area contributed by atoms with Crippen molar-refractivity contribution in [2.75, 3.05) is 5.32 Å². The number of fused-ring (bicyclic) bond motifs is 1. The molecule has 0 radical (unpaired) electrons. The third kappa shape index (κ3) is 2.30. The smallest absolute Gasteiger partial charge is 0.293 e. The molecule has 0 bridgehead atoms. The molecule has 0 saturated carbocycles. The Bertz CT molecular complexity index is 776. The fourth-order valence-electron chi connectivity index (χ4n) is 1.94. The lowest BCUT2D eigenvalue weighted by molar-refractivity contribution is 0.0994. The molecule has 0 aliphatic heterocycles. The maximum Gasteiger partial charge on any atom is 0.293 e. The van der Waals surface area contributed by atoms with E-state index in [1.54, 1.807) is 23.8 Å². The monoisotopic (exact) mass is 287 g/mol. The van der Waals surface area contributed by atoms with Gasteiger partial charge in [-0.3, -0.25) is 4.79 Å². The lowest BCUT2D eigenvalue weighted by Crippen LogP contribution is -2.12. The average Bonchev–Trinajstić information content (AvgIpc) is 3.04. The summed E-state index contributed by atoms with van der Waals surface area (Å²) in [6, 6.07) is 5.63. The number of hydrogen-bond acceptors (Lipinski definition) is 5. The van der Waals surface area contributed by atoms with E-state index in [1.165, 1.54) is 0 Å². The van der Waals surface area contributed by atoms with E-state index in [4.69, 9.17) is 4.42 Å². The van der Waals surface area contributed by atoms with Crippen LogP contribution in [0.5, 0.6) is 0 Å².